The van der Waals surface area contributed by atoms with E-state index in [0.717, 1.165) is 10.2 Å². The molecule has 4 nitrogen and oxygen atoms in total. The molecule has 0 radical (unpaired) electrons. The summed E-state index contributed by atoms with van der Waals surface area (Å²) in [6.07, 6.45) is 2.91. The number of rotatable bonds is 1. The van der Waals surface area contributed by atoms with Crippen molar-refractivity contribution < 1.29 is 0 Å². The molecular formula is C10H7Cl2N3O. The van der Waals surface area contributed by atoms with Gasteiger partial charge in [0.2, 0.25) is 0 Å². The smallest absolute Gasteiger partial charge is 0.266 e. The van der Waals surface area contributed by atoms with Gasteiger partial charge in [0.25, 0.3) is 5.56 Å². The first-order valence-corrected chi connectivity index (χ1v) is 5.21. The minimum Gasteiger partial charge on any atom is -0.266 e. The van der Waals surface area contributed by atoms with Crippen molar-refractivity contribution in [2.75, 3.05) is 0 Å². The second-order valence-corrected chi connectivity index (χ2v) is 4.00. The predicted octanol–water partition coefficient (Wildman–Crippen LogP) is 2.24. The third-order valence-electron chi connectivity index (χ3n) is 1.99. The second kappa shape index (κ2) is 4.23. The molecule has 0 fully saturated rings. The molecule has 0 atom stereocenters. The van der Waals surface area contributed by atoms with E-state index < -0.39 is 5.56 Å². The van der Waals surface area contributed by atoms with Crippen LogP contribution in [0, 0.1) is 6.92 Å². The number of nitrogens with zero attached hydrogens (tertiary/aromatic N) is 3. The molecule has 0 amide bonds. The lowest BCUT2D eigenvalue weighted by Crippen LogP contribution is -2.22. The summed E-state index contributed by atoms with van der Waals surface area (Å²) < 4.78 is 1.11. The van der Waals surface area contributed by atoms with Crippen LogP contribution in [0.1, 0.15) is 5.56 Å². The highest BCUT2D eigenvalue weighted by molar-refractivity contribution is 6.41. The molecule has 0 aliphatic carbocycles. The average molecular weight is 256 g/mol. The number of aromatic nitrogens is 3. The Morgan fingerprint density at radius 1 is 1.38 bits per heavy atom. The fourth-order valence-electron chi connectivity index (χ4n) is 1.21. The minimum absolute atomic E-state index is 0.0556. The molecule has 0 aliphatic heterocycles. The van der Waals surface area contributed by atoms with Crippen LogP contribution in [0.5, 0.6) is 0 Å². The van der Waals surface area contributed by atoms with Crippen molar-refractivity contribution in [3.8, 4) is 5.82 Å². The van der Waals surface area contributed by atoms with Gasteiger partial charge in [0.15, 0.2) is 5.82 Å². The normalized spacial score (nSPS) is 10.4. The van der Waals surface area contributed by atoms with Crippen molar-refractivity contribution in [1.82, 2.24) is 14.8 Å². The van der Waals surface area contributed by atoms with Crippen LogP contribution < -0.4 is 5.56 Å². The average Bonchev–Trinajstić information content (AvgIpc) is 2.26. The minimum atomic E-state index is -0.479. The summed E-state index contributed by atoms with van der Waals surface area (Å²) in [5, 5.41) is 3.95. The highest BCUT2D eigenvalue weighted by atomic mass is 35.5. The second-order valence-electron chi connectivity index (χ2n) is 3.21. The van der Waals surface area contributed by atoms with Crippen LogP contribution in [0.4, 0.5) is 0 Å². The van der Waals surface area contributed by atoms with Gasteiger partial charge in [-0.3, -0.25) is 4.79 Å². The van der Waals surface area contributed by atoms with E-state index in [2.05, 4.69) is 10.1 Å². The van der Waals surface area contributed by atoms with Gasteiger partial charge in [-0.25, -0.2) is 4.98 Å². The maximum Gasteiger partial charge on any atom is 0.293 e. The van der Waals surface area contributed by atoms with Gasteiger partial charge in [0.05, 0.1) is 11.2 Å². The molecule has 2 aromatic heterocycles. The van der Waals surface area contributed by atoms with Gasteiger partial charge < -0.3 is 0 Å². The van der Waals surface area contributed by atoms with Gasteiger partial charge >= 0.3 is 0 Å². The molecule has 2 heterocycles. The van der Waals surface area contributed by atoms with E-state index in [1.165, 1.54) is 6.20 Å². The number of hydrogen-bond acceptors (Lipinski definition) is 3. The Morgan fingerprint density at radius 3 is 2.81 bits per heavy atom. The molecule has 2 rings (SSSR count). The van der Waals surface area contributed by atoms with E-state index in [4.69, 9.17) is 23.2 Å². The van der Waals surface area contributed by atoms with Crippen molar-refractivity contribution in [2.24, 2.45) is 0 Å². The van der Waals surface area contributed by atoms with E-state index in [9.17, 15) is 4.79 Å². The fraction of sp³-hybridized carbons (Fsp3) is 0.100. The largest absolute Gasteiger partial charge is 0.293 e. The first-order valence-electron chi connectivity index (χ1n) is 4.46. The third-order valence-corrected chi connectivity index (χ3v) is 2.74. The van der Waals surface area contributed by atoms with Gasteiger partial charge in [-0.15, -0.1) is 0 Å². The molecule has 82 valence electrons. The van der Waals surface area contributed by atoms with Crippen LogP contribution in [0.2, 0.25) is 10.0 Å². The Bertz CT molecular complexity index is 595. The molecule has 0 N–H and O–H groups in total. The fourth-order valence-corrected chi connectivity index (χ4v) is 1.47. The van der Waals surface area contributed by atoms with Gasteiger partial charge in [-0.1, -0.05) is 23.2 Å². The van der Waals surface area contributed by atoms with E-state index in [1.807, 2.05) is 13.0 Å². The van der Waals surface area contributed by atoms with Crippen molar-refractivity contribution in [1.29, 1.82) is 0 Å². The first-order chi connectivity index (χ1) is 7.59. The maximum absolute atomic E-state index is 11.7. The quantitative estimate of drug-likeness (QED) is 0.786. The Kier molecular flexibility index (Phi) is 2.94. The standard InChI is InChI=1S/C10H7Cl2N3O/c1-6-2-3-13-8(4-6)15-10(16)9(12)7(11)5-14-15/h2-5H,1H3. The van der Waals surface area contributed by atoms with Crippen LogP contribution in [-0.4, -0.2) is 14.8 Å². The lowest BCUT2D eigenvalue weighted by molar-refractivity contribution is 0.781. The lowest BCUT2D eigenvalue weighted by Gasteiger charge is -2.04. The Morgan fingerprint density at radius 2 is 2.12 bits per heavy atom. The Balaban J connectivity index is 2.66. The Hall–Kier alpha value is -1.39. The van der Waals surface area contributed by atoms with E-state index in [1.54, 1.807) is 12.3 Å². The van der Waals surface area contributed by atoms with Gasteiger partial charge in [-0.05, 0) is 24.6 Å². The van der Waals surface area contributed by atoms with Crippen molar-refractivity contribution in [3.05, 3.63) is 50.5 Å². The van der Waals surface area contributed by atoms with Crippen LogP contribution in [-0.2, 0) is 0 Å². The summed E-state index contributed by atoms with van der Waals surface area (Å²) >= 11 is 11.4. The van der Waals surface area contributed by atoms with Crippen molar-refractivity contribution in [2.45, 2.75) is 6.92 Å². The predicted molar refractivity (Wildman–Crippen MR) is 62.4 cm³/mol. The molecule has 0 saturated heterocycles. The van der Waals surface area contributed by atoms with Gasteiger partial charge in [-0.2, -0.15) is 9.78 Å². The van der Waals surface area contributed by atoms with Crippen LogP contribution >= 0.6 is 23.2 Å². The monoisotopic (exact) mass is 255 g/mol. The van der Waals surface area contributed by atoms with E-state index in [-0.39, 0.29) is 10.0 Å². The molecular weight excluding hydrogens is 249 g/mol. The number of hydrogen-bond donors (Lipinski definition) is 0. The first kappa shape index (κ1) is 11.1. The summed E-state index contributed by atoms with van der Waals surface area (Å²) in [5.41, 5.74) is 0.497. The summed E-state index contributed by atoms with van der Waals surface area (Å²) in [7, 11) is 0. The highest BCUT2D eigenvalue weighted by Gasteiger charge is 2.09. The van der Waals surface area contributed by atoms with Crippen molar-refractivity contribution >= 4 is 23.2 Å². The Labute approximate surface area is 101 Å². The van der Waals surface area contributed by atoms with E-state index >= 15 is 0 Å². The van der Waals surface area contributed by atoms with Gasteiger partial charge in [0, 0.05) is 6.20 Å². The molecule has 6 heteroatoms. The van der Waals surface area contributed by atoms with Crippen LogP contribution in [0.25, 0.3) is 5.82 Å². The number of aryl methyl sites for hydroxylation is 1. The molecule has 0 aliphatic rings. The molecule has 0 unspecified atom stereocenters. The highest BCUT2D eigenvalue weighted by Crippen LogP contribution is 2.15. The maximum atomic E-state index is 11.7. The van der Waals surface area contributed by atoms with Gasteiger partial charge in [0.1, 0.15) is 5.02 Å². The molecule has 16 heavy (non-hydrogen) atoms. The summed E-state index contributed by atoms with van der Waals surface area (Å²) in [5.74, 6) is 0.420. The van der Waals surface area contributed by atoms with E-state index in [0.29, 0.717) is 5.82 Å². The topological polar surface area (TPSA) is 47.8 Å². The molecule has 0 aromatic carbocycles. The summed E-state index contributed by atoms with van der Waals surface area (Å²) in [6.45, 7) is 1.90. The molecule has 0 saturated carbocycles. The SMILES string of the molecule is Cc1ccnc(-n2ncc(Cl)c(Cl)c2=O)c1. The zero-order valence-corrected chi connectivity index (χ0v) is 9.83. The third kappa shape index (κ3) is 1.94. The molecule has 0 bridgehead atoms. The summed E-state index contributed by atoms with van der Waals surface area (Å²) in [4.78, 5) is 15.8. The van der Waals surface area contributed by atoms with Crippen LogP contribution in [0.15, 0.2) is 29.3 Å². The number of halogens is 2. The van der Waals surface area contributed by atoms with Crippen LogP contribution in [0.3, 0.4) is 0 Å². The molecule has 0 spiro atoms. The molecule has 2 aromatic rings. The zero-order valence-electron chi connectivity index (χ0n) is 8.32. The zero-order chi connectivity index (χ0) is 11.7. The van der Waals surface area contributed by atoms with Crippen molar-refractivity contribution in [3.63, 3.8) is 0 Å². The number of pyridine rings is 1. The lowest BCUT2D eigenvalue weighted by atomic mass is 10.3. The summed E-state index contributed by atoms with van der Waals surface area (Å²) in [6, 6.07) is 3.56.